The van der Waals surface area contributed by atoms with Crippen LogP contribution in [0.5, 0.6) is 0 Å². The second-order valence-corrected chi connectivity index (χ2v) is 3.13. The maximum Gasteiger partial charge on any atom is 0.340 e. The minimum absolute atomic E-state index is 0.0736. The number of aromatic amines is 1. The Morgan fingerprint density at radius 2 is 2.00 bits per heavy atom. The number of hydrogen-bond acceptors (Lipinski definition) is 4. The van der Waals surface area contributed by atoms with Crippen molar-refractivity contribution in [3.63, 3.8) is 0 Å². The predicted octanol–water partition coefficient (Wildman–Crippen LogP) is 0.172. The van der Waals surface area contributed by atoms with Crippen LogP contribution in [-0.4, -0.2) is 23.5 Å². The molecule has 1 N–H and O–H groups in total. The summed E-state index contributed by atoms with van der Waals surface area (Å²) in [5.41, 5.74) is 1.03. The second kappa shape index (κ2) is 4.16. The quantitative estimate of drug-likeness (QED) is 0.721. The molecule has 1 rings (SSSR count). The molecule has 15 heavy (non-hydrogen) atoms. The van der Waals surface area contributed by atoms with Gasteiger partial charge in [0.05, 0.1) is 23.8 Å². The molecule has 0 fully saturated rings. The van der Waals surface area contributed by atoms with E-state index in [4.69, 9.17) is 4.74 Å². The number of nitrogens with one attached hydrogen (secondary N) is 1. The first-order chi connectivity index (χ1) is 6.99. The number of aromatic carboxylic acids is 1. The predicted molar refractivity (Wildman–Crippen MR) is 50.6 cm³/mol. The fourth-order valence-electron chi connectivity index (χ4n) is 1.46. The molecule has 0 saturated heterocycles. The largest absolute Gasteiger partial charge is 0.543 e. The van der Waals surface area contributed by atoms with Crippen LogP contribution in [0.3, 0.4) is 0 Å². The van der Waals surface area contributed by atoms with E-state index in [9.17, 15) is 14.7 Å². The van der Waals surface area contributed by atoms with Crippen molar-refractivity contribution in [1.29, 1.82) is 0 Å². The number of hydrogen-bond donors (Lipinski definition) is 1. The highest BCUT2D eigenvalue weighted by Crippen LogP contribution is 2.18. The second-order valence-electron chi connectivity index (χ2n) is 3.13. The number of H-pyrrole nitrogens is 1. The van der Waals surface area contributed by atoms with E-state index >= 15 is 0 Å². The summed E-state index contributed by atoms with van der Waals surface area (Å²) in [5.74, 6) is -1.85. The highest BCUT2D eigenvalue weighted by molar-refractivity contribution is 5.97. The third kappa shape index (κ3) is 2.01. The Morgan fingerprint density at radius 3 is 2.40 bits per heavy atom. The van der Waals surface area contributed by atoms with Crippen LogP contribution >= 0.6 is 0 Å². The van der Waals surface area contributed by atoms with Gasteiger partial charge < -0.3 is 19.6 Å². The van der Waals surface area contributed by atoms with Crippen LogP contribution in [0.4, 0.5) is 0 Å². The zero-order valence-electron chi connectivity index (χ0n) is 8.84. The number of ether oxygens (including phenoxy) is 1. The van der Waals surface area contributed by atoms with Gasteiger partial charge in [0.25, 0.3) is 0 Å². The van der Waals surface area contributed by atoms with E-state index in [-0.39, 0.29) is 17.9 Å². The van der Waals surface area contributed by atoms with Gasteiger partial charge in [-0.25, -0.2) is 4.79 Å². The van der Waals surface area contributed by atoms with Gasteiger partial charge in [-0.3, -0.25) is 0 Å². The van der Waals surface area contributed by atoms with Crippen LogP contribution in [0.2, 0.25) is 0 Å². The van der Waals surface area contributed by atoms with Crippen molar-refractivity contribution >= 4 is 11.9 Å². The maximum absolute atomic E-state index is 11.5. The topological polar surface area (TPSA) is 82.2 Å². The van der Waals surface area contributed by atoms with E-state index in [1.807, 2.05) is 0 Å². The van der Waals surface area contributed by atoms with Crippen molar-refractivity contribution in [2.24, 2.45) is 0 Å². The van der Waals surface area contributed by atoms with Gasteiger partial charge >= 0.3 is 5.97 Å². The summed E-state index contributed by atoms with van der Waals surface area (Å²) in [6.07, 6.45) is 0. The third-order valence-corrected chi connectivity index (χ3v) is 2.12. The Morgan fingerprint density at radius 1 is 1.40 bits per heavy atom. The standard InChI is InChI=1S/C10H13NO4/c1-4-15-10(14)7-5(2)8(9(12)13)11-6(7)3/h11H,4H2,1-3H3,(H,12,13)/p-1. The number of carboxylic acid groups (broad SMARTS) is 1. The minimum atomic E-state index is -1.33. The Balaban J connectivity index is 3.19. The van der Waals surface area contributed by atoms with E-state index in [1.165, 1.54) is 0 Å². The fraction of sp³-hybridized carbons (Fsp3) is 0.400. The zero-order valence-corrected chi connectivity index (χ0v) is 8.84. The number of esters is 1. The van der Waals surface area contributed by atoms with Crippen LogP contribution in [0.1, 0.15) is 39.0 Å². The lowest BCUT2D eigenvalue weighted by Gasteiger charge is -2.03. The molecule has 0 saturated carbocycles. The average molecular weight is 210 g/mol. The summed E-state index contributed by atoms with van der Waals surface area (Å²) < 4.78 is 4.81. The van der Waals surface area contributed by atoms with Gasteiger partial charge in [0.1, 0.15) is 0 Å². The summed E-state index contributed by atoms with van der Waals surface area (Å²) in [6.45, 7) is 5.10. The molecule has 1 aromatic heterocycles. The summed E-state index contributed by atoms with van der Waals surface area (Å²) in [7, 11) is 0. The zero-order chi connectivity index (χ0) is 11.6. The molecule has 0 aliphatic rings. The molecule has 0 spiro atoms. The highest BCUT2D eigenvalue weighted by Gasteiger charge is 2.19. The first-order valence-corrected chi connectivity index (χ1v) is 4.56. The van der Waals surface area contributed by atoms with Crippen molar-refractivity contribution in [2.75, 3.05) is 6.61 Å². The monoisotopic (exact) mass is 210 g/mol. The fourth-order valence-corrected chi connectivity index (χ4v) is 1.46. The molecule has 0 bridgehead atoms. The molecule has 0 unspecified atom stereocenters. The van der Waals surface area contributed by atoms with Crippen molar-refractivity contribution in [3.05, 3.63) is 22.5 Å². The molecule has 0 aromatic carbocycles. The van der Waals surface area contributed by atoms with E-state index in [0.29, 0.717) is 11.3 Å². The van der Waals surface area contributed by atoms with Gasteiger partial charge in [0.15, 0.2) is 0 Å². The van der Waals surface area contributed by atoms with Crippen molar-refractivity contribution in [1.82, 2.24) is 4.98 Å². The molecule has 1 heterocycles. The number of aryl methyl sites for hydroxylation is 1. The number of rotatable bonds is 3. The summed E-state index contributed by atoms with van der Waals surface area (Å²) in [6, 6.07) is 0. The SMILES string of the molecule is CCOC(=O)c1c(C)[nH]c(C(=O)[O-])c1C. The molecule has 0 amide bonds. The summed E-state index contributed by atoms with van der Waals surface area (Å²) in [5, 5.41) is 10.7. The lowest BCUT2D eigenvalue weighted by molar-refractivity contribution is -0.255. The summed E-state index contributed by atoms with van der Waals surface area (Å²) >= 11 is 0. The van der Waals surface area contributed by atoms with Gasteiger partial charge in [-0.2, -0.15) is 0 Å². The summed E-state index contributed by atoms with van der Waals surface area (Å²) in [4.78, 5) is 24.7. The number of aromatic nitrogens is 1. The van der Waals surface area contributed by atoms with Crippen LogP contribution in [-0.2, 0) is 4.74 Å². The van der Waals surface area contributed by atoms with E-state index in [1.54, 1.807) is 20.8 Å². The molecule has 5 heteroatoms. The first kappa shape index (κ1) is 11.3. The van der Waals surface area contributed by atoms with Gasteiger partial charge in [-0.1, -0.05) is 0 Å². The number of carbonyl (C=O) groups excluding carboxylic acids is 2. The lowest BCUT2D eigenvalue weighted by atomic mass is 10.1. The average Bonchev–Trinajstić information content (AvgIpc) is 2.42. The molecule has 82 valence electrons. The van der Waals surface area contributed by atoms with Crippen molar-refractivity contribution < 1.29 is 19.4 Å². The maximum atomic E-state index is 11.5. The Bertz CT molecular complexity index is 406. The first-order valence-electron chi connectivity index (χ1n) is 4.56. The van der Waals surface area contributed by atoms with E-state index in [2.05, 4.69) is 4.98 Å². The molecular formula is C10H12NO4-. The Labute approximate surface area is 87.1 Å². The van der Waals surface area contributed by atoms with Crippen molar-refractivity contribution in [2.45, 2.75) is 20.8 Å². The molecular weight excluding hydrogens is 198 g/mol. The molecule has 1 aromatic rings. The normalized spacial score (nSPS) is 10.1. The number of carbonyl (C=O) groups is 2. The highest BCUT2D eigenvalue weighted by atomic mass is 16.5. The minimum Gasteiger partial charge on any atom is -0.543 e. The van der Waals surface area contributed by atoms with Gasteiger partial charge in [-0.15, -0.1) is 0 Å². The molecule has 0 aliphatic carbocycles. The van der Waals surface area contributed by atoms with Crippen LogP contribution in [0.15, 0.2) is 0 Å². The van der Waals surface area contributed by atoms with Gasteiger partial charge in [0.2, 0.25) is 0 Å². The van der Waals surface area contributed by atoms with Crippen molar-refractivity contribution in [3.8, 4) is 0 Å². The molecule has 5 nitrogen and oxygen atoms in total. The molecule has 0 radical (unpaired) electrons. The smallest absolute Gasteiger partial charge is 0.340 e. The van der Waals surface area contributed by atoms with Crippen LogP contribution in [0.25, 0.3) is 0 Å². The van der Waals surface area contributed by atoms with Crippen LogP contribution < -0.4 is 5.11 Å². The van der Waals surface area contributed by atoms with Gasteiger partial charge in [-0.05, 0) is 26.3 Å². The third-order valence-electron chi connectivity index (χ3n) is 2.12. The van der Waals surface area contributed by atoms with E-state index < -0.39 is 11.9 Å². The Kier molecular flexibility index (Phi) is 3.14. The molecule has 0 aliphatic heterocycles. The van der Waals surface area contributed by atoms with Crippen LogP contribution in [0, 0.1) is 13.8 Å². The Hall–Kier alpha value is -1.78. The number of carboxylic acids is 1. The van der Waals surface area contributed by atoms with Gasteiger partial charge in [0, 0.05) is 5.69 Å². The van der Waals surface area contributed by atoms with E-state index in [0.717, 1.165) is 0 Å². The molecule has 0 atom stereocenters. The lowest BCUT2D eigenvalue weighted by Crippen LogP contribution is -2.23.